The van der Waals surface area contributed by atoms with Crippen molar-refractivity contribution in [2.45, 2.75) is 77.6 Å². The van der Waals surface area contributed by atoms with Gasteiger partial charge in [-0.25, -0.2) is 0 Å². The van der Waals surface area contributed by atoms with E-state index in [0.717, 1.165) is 54.5 Å². The van der Waals surface area contributed by atoms with Gasteiger partial charge in [0.2, 0.25) is 5.91 Å². The summed E-state index contributed by atoms with van der Waals surface area (Å²) in [7, 11) is -3.15. The summed E-state index contributed by atoms with van der Waals surface area (Å²) in [4.78, 5) is 18.5. The Labute approximate surface area is 210 Å². The minimum absolute atomic E-state index is 0.00850. The van der Waals surface area contributed by atoms with E-state index in [1.54, 1.807) is 6.20 Å². The van der Waals surface area contributed by atoms with Gasteiger partial charge in [0.1, 0.15) is 5.41 Å². The van der Waals surface area contributed by atoms with Crippen molar-refractivity contribution in [3.63, 3.8) is 0 Å². The molecule has 0 saturated heterocycles. The Morgan fingerprint density at radius 1 is 0.914 bits per heavy atom. The highest BCUT2D eigenvalue weighted by Crippen LogP contribution is 2.52. The number of unbranched alkanes of at least 4 members (excludes halogenated alkanes) is 3. The van der Waals surface area contributed by atoms with Gasteiger partial charge in [-0.1, -0.05) is 70.4 Å². The third-order valence-electron chi connectivity index (χ3n) is 6.62. The predicted octanol–water partition coefficient (Wildman–Crippen LogP) is 6.87. The molecule has 192 valence electrons. The van der Waals surface area contributed by atoms with Crippen molar-refractivity contribution in [1.29, 1.82) is 0 Å². The fourth-order valence-corrected chi connectivity index (χ4v) is 6.48. The average Bonchev–Trinajstić information content (AvgIpc) is 3.16. The zero-order valence-corrected chi connectivity index (χ0v) is 22.4. The Hall–Kier alpha value is -2.01. The first-order valence-corrected chi connectivity index (χ1v) is 15.0. The van der Waals surface area contributed by atoms with Crippen LogP contribution >= 0.6 is 7.60 Å². The lowest BCUT2D eigenvalue weighted by Gasteiger charge is -2.30. The fourth-order valence-electron chi connectivity index (χ4n) is 4.72. The molecule has 1 aliphatic rings. The lowest BCUT2D eigenvalue weighted by molar-refractivity contribution is -0.125. The molecule has 0 radical (unpaired) electrons. The summed E-state index contributed by atoms with van der Waals surface area (Å²) in [5, 5.41) is 3.14. The van der Waals surface area contributed by atoms with Crippen LogP contribution in [0.3, 0.4) is 0 Å². The lowest BCUT2D eigenvalue weighted by Crippen LogP contribution is -2.45. The van der Waals surface area contributed by atoms with Crippen LogP contribution in [0.5, 0.6) is 0 Å². The first-order chi connectivity index (χ1) is 17.0. The van der Waals surface area contributed by atoms with E-state index in [0.29, 0.717) is 45.2 Å². The lowest BCUT2D eigenvalue weighted by atomic mass is 9.75. The Morgan fingerprint density at radius 2 is 1.60 bits per heavy atom. The van der Waals surface area contributed by atoms with Crippen molar-refractivity contribution in [1.82, 2.24) is 10.3 Å². The van der Waals surface area contributed by atoms with E-state index < -0.39 is 13.0 Å². The highest BCUT2D eigenvalue weighted by Gasteiger charge is 2.49. The third kappa shape index (κ3) is 6.41. The Balaban J connectivity index is 1.80. The summed E-state index contributed by atoms with van der Waals surface area (Å²) in [6.07, 6.45) is 8.65. The van der Waals surface area contributed by atoms with Crippen LogP contribution in [-0.2, 0) is 23.8 Å². The zero-order chi connectivity index (χ0) is 25.2. The van der Waals surface area contributed by atoms with E-state index in [9.17, 15) is 9.36 Å². The second kappa shape index (κ2) is 13.3. The van der Waals surface area contributed by atoms with Crippen molar-refractivity contribution in [3.05, 3.63) is 53.9 Å². The molecule has 0 fully saturated rings. The number of aromatic nitrogens is 1. The maximum Gasteiger partial charge on any atom is 0.330 e. The van der Waals surface area contributed by atoms with Crippen LogP contribution in [0.4, 0.5) is 0 Å². The van der Waals surface area contributed by atoms with Crippen LogP contribution < -0.4 is 5.32 Å². The van der Waals surface area contributed by atoms with Crippen LogP contribution in [0.1, 0.15) is 83.4 Å². The van der Waals surface area contributed by atoms with Crippen LogP contribution in [-0.4, -0.2) is 36.8 Å². The molecule has 1 amide bonds. The van der Waals surface area contributed by atoms with E-state index in [1.807, 2.05) is 24.3 Å². The number of nitrogens with one attached hydrogen (secondary N) is 1. The number of carbonyl (C=O) groups is 1. The Morgan fingerprint density at radius 3 is 2.29 bits per heavy atom. The maximum absolute atomic E-state index is 13.7. The molecule has 1 aromatic heterocycles. The van der Waals surface area contributed by atoms with E-state index in [2.05, 4.69) is 38.2 Å². The van der Waals surface area contributed by atoms with Gasteiger partial charge in [-0.15, -0.1) is 0 Å². The molecule has 1 unspecified atom stereocenters. The molecule has 0 spiro atoms. The number of benzene rings is 1. The van der Waals surface area contributed by atoms with Gasteiger partial charge in [-0.2, -0.15) is 0 Å². The number of amides is 1. The summed E-state index contributed by atoms with van der Waals surface area (Å²) in [5.41, 5.74) is 3.06. The van der Waals surface area contributed by atoms with Crippen molar-refractivity contribution in [2.75, 3.05) is 25.9 Å². The average molecular weight is 501 g/mol. The highest BCUT2D eigenvalue weighted by molar-refractivity contribution is 7.53. The number of hydrogen-bond acceptors (Lipinski definition) is 5. The normalized spacial score (nSPS) is 16.7. The summed E-state index contributed by atoms with van der Waals surface area (Å²) in [6.45, 7) is 7.75. The van der Waals surface area contributed by atoms with E-state index in [4.69, 9.17) is 14.0 Å². The number of rotatable bonds is 16. The Kier molecular flexibility index (Phi) is 10.5. The van der Waals surface area contributed by atoms with Gasteiger partial charge in [0, 0.05) is 18.3 Å². The standard InChI is InChI=1S/C28H41N2O4P/c1-4-7-20-33-35(32,34-21-8-5-2)22-12-11-17-28(27(31)30-18-6-3)25-16-10-9-14-23(25)24-15-13-19-29-26(24)28/h9-10,13-16,19H,4-8,11-12,17-18,20-22H2,1-3H3,(H,30,31). The van der Waals surface area contributed by atoms with Gasteiger partial charge >= 0.3 is 7.60 Å². The quantitative estimate of drug-likeness (QED) is 0.201. The molecule has 7 heteroatoms. The van der Waals surface area contributed by atoms with E-state index in [1.165, 1.54) is 0 Å². The van der Waals surface area contributed by atoms with Crippen LogP contribution in [0.2, 0.25) is 0 Å². The second-order valence-corrected chi connectivity index (χ2v) is 11.5. The Bertz CT molecular complexity index is 950. The molecule has 0 bridgehead atoms. The minimum atomic E-state index is -3.15. The first kappa shape index (κ1) is 27.6. The van der Waals surface area contributed by atoms with Gasteiger partial charge in [-0.3, -0.25) is 14.3 Å². The number of carbonyl (C=O) groups excluding carboxylic acids is 1. The molecule has 1 aromatic carbocycles. The molecular weight excluding hydrogens is 459 g/mol. The summed E-state index contributed by atoms with van der Waals surface area (Å²) >= 11 is 0. The molecule has 1 atom stereocenters. The molecule has 35 heavy (non-hydrogen) atoms. The molecule has 0 aliphatic heterocycles. The van der Waals surface area contributed by atoms with Gasteiger partial charge in [0.05, 0.1) is 25.1 Å². The van der Waals surface area contributed by atoms with Crippen LogP contribution in [0, 0.1) is 0 Å². The largest absolute Gasteiger partial charge is 0.355 e. The van der Waals surface area contributed by atoms with Crippen molar-refractivity contribution in [2.24, 2.45) is 0 Å². The molecule has 1 heterocycles. The molecule has 0 saturated carbocycles. The number of fused-ring (bicyclic) bond motifs is 3. The van der Waals surface area contributed by atoms with Crippen LogP contribution in [0.15, 0.2) is 42.6 Å². The first-order valence-electron chi connectivity index (χ1n) is 13.2. The van der Waals surface area contributed by atoms with Crippen LogP contribution in [0.25, 0.3) is 11.1 Å². The van der Waals surface area contributed by atoms with E-state index in [-0.39, 0.29) is 5.91 Å². The minimum Gasteiger partial charge on any atom is -0.355 e. The van der Waals surface area contributed by atoms with Crippen molar-refractivity contribution < 1.29 is 18.4 Å². The van der Waals surface area contributed by atoms with Crippen molar-refractivity contribution >= 4 is 13.5 Å². The fraction of sp³-hybridized carbons (Fsp3) is 0.571. The molecule has 6 nitrogen and oxygen atoms in total. The molecule has 1 N–H and O–H groups in total. The molecular formula is C28H41N2O4P. The monoisotopic (exact) mass is 500 g/mol. The number of pyridine rings is 1. The predicted molar refractivity (Wildman–Crippen MR) is 142 cm³/mol. The molecule has 3 rings (SSSR count). The van der Waals surface area contributed by atoms with Gasteiger partial charge in [0.25, 0.3) is 0 Å². The van der Waals surface area contributed by atoms with Gasteiger partial charge < -0.3 is 14.4 Å². The SMILES string of the molecule is CCCCOP(=O)(CCCCC1(C(=O)NCCC)c2ccccc2-c2cccnc21)OCCCC. The summed E-state index contributed by atoms with van der Waals surface area (Å²) in [5.74, 6) is -0.00850. The number of nitrogens with zero attached hydrogens (tertiary/aromatic N) is 1. The molecule has 1 aliphatic carbocycles. The molecule has 2 aromatic rings. The second-order valence-electron chi connectivity index (χ2n) is 9.27. The number of hydrogen-bond donors (Lipinski definition) is 1. The smallest absolute Gasteiger partial charge is 0.330 e. The summed E-state index contributed by atoms with van der Waals surface area (Å²) < 4.78 is 24.9. The summed E-state index contributed by atoms with van der Waals surface area (Å²) in [6, 6.07) is 12.1. The van der Waals surface area contributed by atoms with Gasteiger partial charge in [-0.05, 0) is 49.3 Å². The topological polar surface area (TPSA) is 77.5 Å². The van der Waals surface area contributed by atoms with Crippen molar-refractivity contribution in [3.8, 4) is 11.1 Å². The highest BCUT2D eigenvalue weighted by atomic mass is 31.2. The van der Waals surface area contributed by atoms with Gasteiger partial charge in [0.15, 0.2) is 0 Å². The maximum atomic E-state index is 13.7. The third-order valence-corrected chi connectivity index (χ3v) is 8.63. The van der Waals surface area contributed by atoms with E-state index >= 15 is 0 Å². The zero-order valence-electron chi connectivity index (χ0n) is 21.6.